The number of carbonyl (C=O) groups excluding carboxylic acids is 1. The minimum Gasteiger partial charge on any atom is -0.484 e. The highest BCUT2D eigenvalue weighted by atomic mass is 16.5. The lowest BCUT2D eigenvalue weighted by atomic mass is 10.1. The number of amides is 1. The van der Waals surface area contributed by atoms with Gasteiger partial charge in [0.15, 0.2) is 6.61 Å². The zero-order valence-corrected chi connectivity index (χ0v) is 14.0. The third-order valence-corrected chi connectivity index (χ3v) is 3.96. The van der Waals surface area contributed by atoms with Crippen molar-refractivity contribution >= 4 is 22.5 Å². The lowest BCUT2D eigenvalue weighted by Gasteiger charge is -2.09. The Labute approximate surface area is 150 Å². The van der Waals surface area contributed by atoms with E-state index in [-0.39, 0.29) is 12.5 Å². The van der Waals surface area contributed by atoms with E-state index < -0.39 is 0 Å². The van der Waals surface area contributed by atoms with Gasteiger partial charge in [-0.15, -0.1) is 0 Å². The monoisotopic (exact) mass is 347 g/mol. The number of nitrogens with one attached hydrogen (secondary N) is 1. The van der Waals surface area contributed by atoms with E-state index in [9.17, 15) is 4.79 Å². The van der Waals surface area contributed by atoms with Crippen LogP contribution >= 0.6 is 0 Å². The van der Waals surface area contributed by atoms with E-state index in [1.54, 1.807) is 23.2 Å². The first-order valence-electron chi connectivity index (χ1n) is 8.23. The predicted molar refractivity (Wildman–Crippen MR) is 98.1 cm³/mol. The first-order valence-corrected chi connectivity index (χ1v) is 8.23. The van der Waals surface area contributed by atoms with E-state index >= 15 is 0 Å². The highest BCUT2D eigenvalue weighted by molar-refractivity contribution is 5.91. The largest absolute Gasteiger partial charge is 0.484 e. The highest BCUT2D eigenvalue weighted by Gasteiger charge is 2.09. The lowest BCUT2D eigenvalue weighted by Crippen LogP contribution is -2.22. The van der Waals surface area contributed by atoms with E-state index in [4.69, 9.17) is 9.15 Å². The molecule has 4 rings (SSSR count). The smallest absolute Gasteiger partial charge is 0.263 e. The zero-order chi connectivity index (χ0) is 17.8. The summed E-state index contributed by atoms with van der Waals surface area (Å²) in [6.45, 7) is 0.366. The Kier molecular flexibility index (Phi) is 4.38. The average Bonchev–Trinajstić information content (AvgIpc) is 3.33. The maximum absolute atomic E-state index is 12.2. The molecule has 2 heterocycles. The standard InChI is InChI=1S/C20H17N3O3/c24-20(14-26-17-8-7-15-4-1-2-5-16(15)12-17)22-19-9-10-21-23(19)13-18-6-3-11-25-18/h1-12H,13-14H2,(H,22,24). The second-order valence-electron chi connectivity index (χ2n) is 5.80. The molecule has 0 atom stereocenters. The molecule has 0 bridgehead atoms. The Morgan fingerprint density at radius 1 is 1.08 bits per heavy atom. The van der Waals surface area contributed by atoms with Crippen LogP contribution in [0.15, 0.2) is 77.5 Å². The molecule has 6 heteroatoms. The summed E-state index contributed by atoms with van der Waals surface area (Å²) in [5.74, 6) is 1.76. The summed E-state index contributed by atoms with van der Waals surface area (Å²) in [7, 11) is 0. The summed E-state index contributed by atoms with van der Waals surface area (Å²) < 4.78 is 12.6. The van der Waals surface area contributed by atoms with Gasteiger partial charge in [0, 0.05) is 6.07 Å². The molecule has 2 aromatic heterocycles. The predicted octanol–water partition coefficient (Wildman–Crippen LogP) is 3.70. The molecular formula is C20H17N3O3. The number of aromatic nitrogens is 2. The minimum absolute atomic E-state index is 0.0791. The molecule has 2 aromatic carbocycles. The van der Waals surface area contributed by atoms with Crippen molar-refractivity contribution in [2.75, 3.05) is 11.9 Å². The Hall–Kier alpha value is -3.54. The fourth-order valence-corrected chi connectivity index (χ4v) is 2.70. The van der Waals surface area contributed by atoms with Crippen molar-refractivity contribution in [1.29, 1.82) is 0 Å². The molecule has 1 N–H and O–H groups in total. The van der Waals surface area contributed by atoms with Crippen molar-refractivity contribution in [2.45, 2.75) is 6.54 Å². The maximum Gasteiger partial charge on any atom is 0.263 e. The van der Waals surface area contributed by atoms with Gasteiger partial charge < -0.3 is 14.5 Å². The van der Waals surface area contributed by atoms with Crippen molar-refractivity contribution in [2.24, 2.45) is 0 Å². The summed E-state index contributed by atoms with van der Waals surface area (Å²) in [4.78, 5) is 12.2. The van der Waals surface area contributed by atoms with Crippen LogP contribution in [0, 0.1) is 0 Å². The van der Waals surface area contributed by atoms with Gasteiger partial charge in [0.2, 0.25) is 0 Å². The van der Waals surface area contributed by atoms with Gasteiger partial charge in [-0.1, -0.05) is 30.3 Å². The molecule has 0 aliphatic heterocycles. The summed E-state index contributed by atoms with van der Waals surface area (Å²) in [6.07, 6.45) is 3.23. The Balaban J connectivity index is 1.37. The second-order valence-corrected chi connectivity index (χ2v) is 5.80. The quantitative estimate of drug-likeness (QED) is 0.577. The average molecular weight is 347 g/mol. The molecule has 1 amide bonds. The molecular weight excluding hydrogens is 330 g/mol. The Morgan fingerprint density at radius 2 is 1.96 bits per heavy atom. The van der Waals surface area contributed by atoms with Crippen molar-refractivity contribution in [1.82, 2.24) is 9.78 Å². The number of ether oxygens (including phenoxy) is 1. The number of furan rings is 1. The molecule has 0 aliphatic rings. The fraction of sp³-hybridized carbons (Fsp3) is 0.100. The van der Waals surface area contributed by atoms with E-state index in [1.165, 1.54) is 0 Å². The van der Waals surface area contributed by atoms with Crippen LogP contribution < -0.4 is 10.1 Å². The molecule has 0 radical (unpaired) electrons. The Bertz CT molecular complexity index is 1020. The van der Waals surface area contributed by atoms with E-state index in [0.29, 0.717) is 18.1 Å². The van der Waals surface area contributed by atoms with E-state index in [1.807, 2.05) is 54.6 Å². The van der Waals surface area contributed by atoms with Crippen molar-refractivity contribution in [3.8, 4) is 5.75 Å². The van der Waals surface area contributed by atoms with E-state index in [0.717, 1.165) is 16.5 Å². The number of anilines is 1. The summed E-state index contributed by atoms with van der Waals surface area (Å²) in [5.41, 5.74) is 0. The molecule has 6 nitrogen and oxygen atoms in total. The molecule has 26 heavy (non-hydrogen) atoms. The molecule has 0 saturated carbocycles. The second kappa shape index (κ2) is 7.14. The number of hydrogen-bond acceptors (Lipinski definition) is 4. The first-order chi connectivity index (χ1) is 12.8. The number of rotatable bonds is 6. The number of fused-ring (bicyclic) bond motifs is 1. The van der Waals surface area contributed by atoms with Crippen LogP contribution in [0.1, 0.15) is 5.76 Å². The first kappa shape index (κ1) is 16.0. The van der Waals surface area contributed by atoms with Crippen LogP contribution in [0.3, 0.4) is 0 Å². The highest BCUT2D eigenvalue weighted by Crippen LogP contribution is 2.20. The summed E-state index contributed by atoms with van der Waals surface area (Å²) >= 11 is 0. The van der Waals surface area contributed by atoms with Gasteiger partial charge in [0.1, 0.15) is 23.9 Å². The SMILES string of the molecule is O=C(COc1ccc2ccccc2c1)Nc1ccnn1Cc1ccco1. The fourth-order valence-electron chi connectivity index (χ4n) is 2.70. The molecule has 0 aliphatic carbocycles. The lowest BCUT2D eigenvalue weighted by molar-refractivity contribution is -0.118. The van der Waals surface area contributed by atoms with Gasteiger partial charge >= 0.3 is 0 Å². The third kappa shape index (κ3) is 3.59. The Morgan fingerprint density at radius 3 is 2.81 bits per heavy atom. The number of carbonyl (C=O) groups is 1. The summed E-state index contributed by atoms with van der Waals surface area (Å²) in [5, 5.41) is 9.20. The number of hydrogen-bond donors (Lipinski definition) is 1. The number of benzene rings is 2. The normalized spacial score (nSPS) is 10.8. The third-order valence-electron chi connectivity index (χ3n) is 3.96. The van der Waals surface area contributed by atoms with E-state index in [2.05, 4.69) is 10.4 Å². The molecule has 130 valence electrons. The summed E-state index contributed by atoms with van der Waals surface area (Å²) in [6, 6.07) is 19.2. The van der Waals surface area contributed by atoms with Crippen LogP contribution in [0.5, 0.6) is 5.75 Å². The van der Waals surface area contributed by atoms with Crippen LogP contribution in [-0.4, -0.2) is 22.3 Å². The van der Waals surface area contributed by atoms with Crippen LogP contribution in [0.4, 0.5) is 5.82 Å². The van der Waals surface area contributed by atoms with Crippen LogP contribution in [-0.2, 0) is 11.3 Å². The van der Waals surface area contributed by atoms with Gasteiger partial charge in [-0.25, -0.2) is 4.68 Å². The van der Waals surface area contributed by atoms with Crippen LogP contribution in [0.2, 0.25) is 0 Å². The number of nitrogens with zero attached hydrogens (tertiary/aromatic N) is 2. The maximum atomic E-state index is 12.2. The van der Waals surface area contributed by atoms with Gasteiger partial charge in [-0.3, -0.25) is 4.79 Å². The van der Waals surface area contributed by atoms with Crippen molar-refractivity contribution < 1.29 is 13.9 Å². The van der Waals surface area contributed by atoms with Crippen molar-refractivity contribution in [3.63, 3.8) is 0 Å². The van der Waals surface area contributed by atoms with Gasteiger partial charge in [0.25, 0.3) is 5.91 Å². The van der Waals surface area contributed by atoms with Gasteiger partial charge in [0.05, 0.1) is 12.5 Å². The van der Waals surface area contributed by atoms with Gasteiger partial charge in [-0.2, -0.15) is 5.10 Å². The molecule has 0 spiro atoms. The molecule has 0 fully saturated rings. The van der Waals surface area contributed by atoms with Gasteiger partial charge in [-0.05, 0) is 35.0 Å². The molecule has 0 saturated heterocycles. The molecule has 4 aromatic rings. The van der Waals surface area contributed by atoms with Crippen molar-refractivity contribution in [3.05, 3.63) is 78.9 Å². The van der Waals surface area contributed by atoms with Crippen LogP contribution in [0.25, 0.3) is 10.8 Å². The molecule has 0 unspecified atom stereocenters. The minimum atomic E-state index is -0.251. The zero-order valence-electron chi connectivity index (χ0n) is 14.0. The topological polar surface area (TPSA) is 69.3 Å².